The summed E-state index contributed by atoms with van der Waals surface area (Å²) in [6.07, 6.45) is 5.49. The maximum Gasteiger partial charge on any atom is 0.247 e. The van der Waals surface area contributed by atoms with Crippen molar-refractivity contribution in [1.82, 2.24) is 9.97 Å². The van der Waals surface area contributed by atoms with Crippen LogP contribution < -0.4 is 0 Å². The van der Waals surface area contributed by atoms with Gasteiger partial charge in [-0.05, 0) is 33.6 Å². The molecule has 18 heavy (non-hydrogen) atoms. The fraction of sp³-hybridized carbons (Fsp3) is 0. The van der Waals surface area contributed by atoms with E-state index in [0.717, 1.165) is 15.6 Å². The van der Waals surface area contributed by atoms with Gasteiger partial charge >= 0.3 is 0 Å². The minimum Gasteiger partial charge on any atom is -0.418 e. The Morgan fingerprint density at radius 2 is 1.94 bits per heavy atom. The molecule has 88 valence electrons. The van der Waals surface area contributed by atoms with Crippen LogP contribution in [0, 0.1) is 0 Å². The molecule has 0 fully saturated rings. The zero-order valence-electron chi connectivity index (χ0n) is 9.38. The summed E-state index contributed by atoms with van der Waals surface area (Å²) in [5.41, 5.74) is 2.40. The van der Waals surface area contributed by atoms with E-state index in [-0.39, 0.29) is 0 Å². The van der Waals surface area contributed by atoms with Crippen LogP contribution in [0.5, 0.6) is 0 Å². The molecule has 3 rings (SSSR count). The molecular formula is C14H9BrN2O. The summed E-state index contributed by atoms with van der Waals surface area (Å²) in [5, 5.41) is 0. The van der Waals surface area contributed by atoms with Crippen LogP contribution in [-0.4, -0.2) is 9.97 Å². The highest BCUT2D eigenvalue weighted by atomic mass is 79.9. The SMILES string of the molecule is Brc1cnc2oc(C=Cc3ccccc3)nc2c1. The third-order valence-electron chi connectivity index (χ3n) is 2.45. The molecule has 0 N–H and O–H groups in total. The predicted octanol–water partition coefficient (Wildman–Crippen LogP) is 4.16. The Balaban J connectivity index is 1.93. The van der Waals surface area contributed by atoms with Crippen LogP contribution >= 0.6 is 15.9 Å². The Morgan fingerprint density at radius 1 is 1.11 bits per heavy atom. The third kappa shape index (κ3) is 2.33. The smallest absolute Gasteiger partial charge is 0.247 e. The molecule has 4 heteroatoms. The van der Waals surface area contributed by atoms with Gasteiger partial charge in [0.2, 0.25) is 11.6 Å². The molecule has 2 heterocycles. The molecule has 0 radical (unpaired) electrons. The van der Waals surface area contributed by atoms with E-state index < -0.39 is 0 Å². The number of hydrogen-bond donors (Lipinski definition) is 0. The minimum atomic E-state index is 0.547. The van der Waals surface area contributed by atoms with Crippen molar-refractivity contribution in [3.63, 3.8) is 0 Å². The van der Waals surface area contributed by atoms with Gasteiger partial charge in [-0.1, -0.05) is 30.3 Å². The van der Waals surface area contributed by atoms with E-state index in [1.807, 2.05) is 48.6 Å². The summed E-state index contributed by atoms with van der Waals surface area (Å²) in [6, 6.07) is 11.9. The number of hydrogen-bond acceptors (Lipinski definition) is 3. The lowest BCUT2D eigenvalue weighted by atomic mass is 10.2. The van der Waals surface area contributed by atoms with Gasteiger partial charge in [0.1, 0.15) is 5.52 Å². The lowest BCUT2D eigenvalue weighted by Gasteiger charge is -1.88. The highest BCUT2D eigenvalue weighted by Gasteiger charge is 2.04. The Labute approximate surface area is 112 Å². The number of pyridine rings is 1. The molecule has 2 aromatic heterocycles. The molecule has 0 bridgehead atoms. The van der Waals surface area contributed by atoms with Gasteiger partial charge in [0.15, 0.2) is 0 Å². The number of nitrogens with zero attached hydrogens (tertiary/aromatic N) is 2. The minimum absolute atomic E-state index is 0.547. The average molecular weight is 301 g/mol. The number of aromatic nitrogens is 2. The van der Waals surface area contributed by atoms with Gasteiger partial charge in [-0.15, -0.1) is 0 Å². The molecule has 1 aromatic carbocycles. The highest BCUT2D eigenvalue weighted by Crippen LogP contribution is 2.18. The van der Waals surface area contributed by atoms with E-state index in [9.17, 15) is 0 Å². The number of rotatable bonds is 2. The average Bonchev–Trinajstić information content (AvgIpc) is 2.79. The van der Waals surface area contributed by atoms with E-state index in [2.05, 4.69) is 25.9 Å². The third-order valence-corrected chi connectivity index (χ3v) is 2.88. The molecule has 3 nitrogen and oxygen atoms in total. The molecule has 3 aromatic rings. The molecule has 0 saturated heterocycles. The van der Waals surface area contributed by atoms with Crippen LogP contribution in [-0.2, 0) is 0 Å². The number of benzene rings is 1. The zero-order chi connectivity index (χ0) is 12.4. The fourth-order valence-corrected chi connectivity index (χ4v) is 1.94. The van der Waals surface area contributed by atoms with Gasteiger partial charge < -0.3 is 4.42 Å². The normalized spacial score (nSPS) is 11.4. The second-order valence-corrected chi connectivity index (χ2v) is 4.69. The maximum atomic E-state index is 5.51. The molecule has 0 spiro atoms. The van der Waals surface area contributed by atoms with Crippen LogP contribution in [0.4, 0.5) is 0 Å². The Kier molecular flexibility index (Phi) is 2.94. The van der Waals surface area contributed by atoms with Gasteiger partial charge in [-0.3, -0.25) is 0 Å². The Hall–Kier alpha value is -1.94. The maximum absolute atomic E-state index is 5.51. The first-order chi connectivity index (χ1) is 8.81. The van der Waals surface area contributed by atoms with Crippen LogP contribution in [0.25, 0.3) is 23.4 Å². The van der Waals surface area contributed by atoms with Gasteiger partial charge in [0.05, 0.1) is 0 Å². The van der Waals surface area contributed by atoms with Crippen LogP contribution in [0.3, 0.4) is 0 Å². The van der Waals surface area contributed by atoms with Crippen molar-refractivity contribution < 1.29 is 4.42 Å². The van der Waals surface area contributed by atoms with Crippen molar-refractivity contribution in [2.24, 2.45) is 0 Å². The molecule has 0 amide bonds. The first-order valence-electron chi connectivity index (χ1n) is 5.46. The summed E-state index contributed by atoms with van der Waals surface area (Å²) in [7, 11) is 0. The van der Waals surface area contributed by atoms with Gasteiger partial charge in [0, 0.05) is 16.7 Å². The quantitative estimate of drug-likeness (QED) is 0.713. The molecule has 0 unspecified atom stereocenters. The number of fused-ring (bicyclic) bond motifs is 1. The standard InChI is InChI=1S/C14H9BrN2O/c15-11-8-12-14(16-9-11)18-13(17-12)7-6-10-4-2-1-3-5-10/h1-9H. The zero-order valence-corrected chi connectivity index (χ0v) is 11.0. The summed E-state index contributed by atoms with van der Waals surface area (Å²) >= 11 is 3.36. The topological polar surface area (TPSA) is 38.9 Å². The lowest BCUT2D eigenvalue weighted by molar-refractivity contribution is 0.578. The predicted molar refractivity (Wildman–Crippen MR) is 74.9 cm³/mol. The fourth-order valence-electron chi connectivity index (χ4n) is 1.62. The lowest BCUT2D eigenvalue weighted by Crippen LogP contribution is -1.73. The van der Waals surface area contributed by atoms with Crippen molar-refractivity contribution in [2.45, 2.75) is 0 Å². The first-order valence-corrected chi connectivity index (χ1v) is 6.26. The van der Waals surface area contributed by atoms with Crippen molar-refractivity contribution in [3.05, 3.63) is 58.5 Å². The highest BCUT2D eigenvalue weighted by molar-refractivity contribution is 9.10. The van der Waals surface area contributed by atoms with Crippen LogP contribution in [0.1, 0.15) is 11.5 Å². The van der Waals surface area contributed by atoms with E-state index >= 15 is 0 Å². The largest absolute Gasteiger partial charge is 0.418 e. The molecule has 0 atom stereocenters. The van der Waals surface area contributed by atoms with Crippen molar-refractivity contribution in [2.75, 3.05) is 0 Å². The second kappa shape index (κ2) is 4.74. The second-order valence-electron chi connectivity index (χ2n) is 3.77. The Morgan fingerprint density at radius 3 is 2.78 bits per heavy atom. The molecule has 0 aliphatic heterocycles. The summed E-state index contributed by atoms with van der Waals surface area (Å²) < 4.78 is 6.41. The van der Waals surface area contributed by atoms with Crippen LogP contribution in [0.2, 0.25) is 0 Å². The monoisotopic (exact) mass is 300 g/mol. The molecule has 0 aliphatic rings. The molecule has 0 aliphatic carbocycles. The summed E-state index contributed by atoms with van der Waals surface area (Å²) in [5.74, 6) is 0.555. The van der Waals surface area contributed by atoms with Crippen LogP contribution in [0.15, 0.2) is 51.5 Å². The number of halogens is 1. The van der Waals surface area contributed by atoms with E-state index in [4.69, 9.17) is 4.42 Å². The van der Waals surface area contributed by atoms with Gasteiger partial charge in [-0.25, -0.2) is 9.97 Å². The molecule has 0 saturated carbocycles. The van der Waals surface area contributed by atoms with Gasteiger partial charge in [0.25, 0.3) is 0 Å². The van der Waals surface area contributed by atoms with E-state index in [1.54, 1.807) is 6.20 Å². The first kappa shape index (κ1) is 11.2. The Bertz CT molecular complexity index is 704. The van der Waals surface area contributed by atoms with Crippen molar-refractivity contribution >= 4 is 39.3 Å². The summed E-state index contributed by atoms with van der Waals surface area (Å²) in [6.45, 7) is 0. The van der Waals surface area contributed by atoms with E-state index in [0.29, 0.717) is 11.6 Å². The van der Waals surface area contributed by atoms with Gasteiger partial charge in [-0.2, -0.15) is 0 Å². The summed E-state index contributed by atoms with van der Waals surface area (Å²) in [4.78, 5) is 8.49. The van der Waals surface area contributed by atoms with Crippen molar-refractivity contribution in [1.29, 1.82) is 0 Å². The van der Waals surface area contributed by atoms with E-state index in [1.165, 1.54) is 0 Å². The number of oxazole rings is 1. The molecular weight excluding hydrogens is 292 g/mol. The van der Waals surface area contributed by atoms with Crippen molar-refractivity contribution in [3.8, 4) is 0 Å².